The second kappa shape index (κ2) is 10.9. The quantitative estimate of drug-likeness (QED) is 0.683. The molecule has 20 heavy (non-hydrogen) atoms. The van der Waals surface area contributed by atoms with Crippen molar-refractivity contribution in [3.63, 3.8) is 0 Å². The Morgan fingerprint density at radius 1 is 1.15 bits per heavy atom. The van der Waals surface area contributed by atoms with Crippen molar-refractivity contribution >= 4 is 12.0 Å². The van der Waals surface area contributed by atoms with Gasteiger partial charge in [-0.1, -0.05) is 11.3 Å². The number of phenols is 1. The van der Waals surface area contributed by atoms with Crippen LogP contribution in [0.2, 0.25) is 0 Å². The molecule has 0 bridgehead atoms. The molecular formula is C15H15CoNO3-2. The van der Waals surface area contributed by atoms with Gasteiger partial charge in [0.2, 0.25) is 0 Å². The van der Waals surface area contributed by atoms with E-state index in [1.807, 2.05) is 38.4 Å². The van der Waals surface area contributed by atoms with Crippen LogP contribution < -0.4 is 4.90 Å². The standard InChI is InChI=1S/C8H10N.C7H5O2.Co.O/c1-9(2)8-6-4-3-5-7-8;8-5-6-2-1-3-7(9)4-6;;/h4-7H,1-2H3;1-2,4-5,9H;;/q2*-1;;. The van der Waals surface area contributed by atoms with Crippen LogP contribution in [0.15, 0.2) is 42.5 Å². The van der Waals surface area contributed by atoms with E-state index in [0.717, 1.165) is 0 Å². The second-order valence-corrected chi connectivity index (χ2v) is 3.78. The molecule has 5 heteroatoms. The van der Waals surface area contributed by atoms with Crippen molar-refractivity contribution in [2.24, 2.45) is 0 Å². The third-order valence-corrected chi connectivity index (χ3v) is 2.16. The van der Waals surface area contributed by atoms with Gasteiger partial charge >= 0.3 is 19.5 Å². The summed E-state index contributed by atoms with van der Waals surface area (Å²) in [4.78, 5) is 12.1. The Balaban J connectivity index is 0.000000321. The number of aromatic hydroxyl groups is 1. The van der Waals surface area contributed by atoms with Crippen LogP contribution in [-0.4, -0.2) is 25.5 Å². The van der Waals surface area contributed by atoms with Crippen molar-refractivity contribution in [2.75, 3.05) is 19.0 Å². The second-order valence-electron chi connectivity index (χ2n) is 3.78. The molecule has 0 saturated carbocycles. The van der Waals surface area contributed by atoms with Gasteiger partial charge in [0.05, 0.1) is 0 Å². The molecule has 0 fully saturated rings. The Morgan fingerprint density at radius 3 is 2.10 bits per heavy atom. The first-order valence-electron chi connectivity index (χ1n) is 5.56. The minimum absolute atomic E-state index is 0.000370. The fraction of sp³-hybridized carbons (Fsp3) is 0.133. The Bertz CT molecular complexity index is 503. The minimum atomic E-state index is -0.000370. The first-order chi connectivity index (χ1) is 9.63. The normalized spacial score (nSPS) is 8.35. The first-order valence-corrected chi connectivity index (χ1v) is 5.99. The monoisotopic (exact) mass is 316 g/mol. The first kappa shape index (κ1) is 18.0. The molecule has 0 atom stereocenters. The number of benzene rings is 2. The van der Waals surface area contributed by atoms with Crippen molar-refractivity contribution in [3.8, 4) is 5.75 Å². The topological polar surface area (TPSA) is 57.6 Å². The molecule has 0 aliphatic carbocycles. The summed E-state index contributed by atoms with van der Waals surface area (Å²) in [5, 5.41) is 8.73. The molecule has 0 spiro atoms. The summed E-state index contributed by atoms with van der Waals surface area (Å²) in [5.41, 5.74) is 1.68. The van der Waals surface area contributed by atoms with Crippen molar-refractivity contribution in [2.45, 2.75) is 0 Å². The number of carbonyl (C=O) groups is 1. The molecule has 0 saturated heterocycles. The predicted octanol–water partition coefficient (Wildman–Crippen LogP) is 2.44. The van der Waals surface area contributed by atoms with Gasteiger partial charge in [-0.2, -0.15) is 30.3 Å². The summed E-state index contributed by atoms with van der Waals surface area (Å²) < 4.78 is 7.94. The molecule has 4 nitrogen and oxygen atoms in total. The molecule has 2 aromatic rings. The van der Waals surface area contributed by atoms with Crippen LogP contribution in [0.1, 0.15) is 10.4 Å². The van der Waals surface area contributed by atoms with Gasteiger partial charge in [-0.25, -0.2) is 0 Å². The number of rotatable bonds is 2. The average Bonchev–Trinajstić information content (AvgIpc) is 2.51. The predicted molar refractivity (Wildman–Crippen MR) is 72.6 cm³/mol. The maximum absolute atomic E-state index is 10.0. The fourth-order valence-corrected chi connectivity index (χ4v) is 1.22. The molecule has 2 rings (SSSR count). The van der Waals surface area contributed by atoms with Crippen LogP contribution in [-0.2, 0) is 19.5 Å². The van der Waals surface area contributed by atoms with Gasteiger partial charge in [-0.05, 0) is 0 Å². The van der Waals surface area contributed by atoms with Gasteiger partial charge < -0.3 is 14.8 Å². The number of carbonyl (C=O) groups excluding carboxylic acids is 1. The van der Waals surface area contributed by atoms with E-state index in [0.29, 0.717) is 11.8 Å². The third kappa shape index (κ3) is 7.45. The molecule has 1 N–H and O–H groups in total. The van der Waals surface area contributed by atoms with Gasteiger partial charge in [-0.15, -0.1) is 24.3 Å². The summed E-state index contributed by atoms with van der Waals surface area (Å²) in [5.74, 6) is -0.000370. The van der Waals surface area contributed by atoms with E-state index >= 15 is 0 Å². The Morgan fingerprint density at radius 2 is 1.75 bits per heavy atom. The molecule has 0 aliphatic heterocycles. The van der Waals surface area contributed by atoms with E-state index in [2.05, 4.69) is 32.7 Å². The number of aldehydes is 1. The van der Waals surface area contributed by atoms with Crippen molar-refractivity contribution in [1.29, 1.82) is 0 Å². The van der Waals surface area contributed by atoms with E-state index in [9.17, 15) is 4.79 Å². The van der Waals surface area contributed by atoms with Crippen LogP contribution in [0.25, 0.3) is 0 Å². The zero-order valence-electron chi connectivity index (χ0n) is 11.2. The molecule has 0 amide bonds. The number of nitrogens with zero attached hydrogens (tertiary/aromatic N) is 1. The molecular weight excluding hydrogens is 301 g/mol. The molecule has 2 aromatic carbocycles. The summed E-state index contributed by atoms with van der Waals surface area (Å²) in [6, 6.07) is 17.8. The SMILES string of the molecule is CN(C)c1cc[c-]cc1.O=Cc1cc[c-]c(O)c1.[O]=[Co]. The zero-order chi connectivity index (χ0) is 15.4. The number of hydrogen-bond donors (Lipinski definition) is 1. The van der Waals surface area contributed by atoms with E-state index < -0.39 is 0 Å². The summed E-state index contributed by atoms with van der Waals surface area (Å²) in [6.45, 7) is 0. The van der Waals surface area contributed by atoms with Crippen LogP contribution >= 0.6 is 0 Å². The van der Waals surface area contributed by atoms with Gasteiger partial charge in [0.25, 0.3) is 0 Å². The van der Waals surface area contributed by atoms with E-state index in [-0.39, 0.29) is 5.75 Å². The maximum atomic E-state index is 10.0. The molecule has 0 aromatic heterocycles. The van der Waals surface area contributed by atoms with Crippen molar-refractivity contribution in [3.05, 3.63) is 60.2 Å². The van der Waals surface area contributed by atoms with E-state index in [1.165, 1.54) is 17.8 Å². The molecule has 0 unspecified atom stereocenters. The molecule has 0 heterocycles. The summed E-state index contributed by atoms with van der Waals surface area (Å²) >= 11 is 2.31. The van der Waals surface area contributed by atoms with Gasteiger partial charge in [-0.3, -0.25) is 0 Å². The number of hydrogen-bond acceptors (Lipinski definition) is 4. The Hall–Kier alpha value is -1.98. The van der Waals surface area contributed by atoms with Gasteiger partial charge in [0.15, 0.2) is 0 Å². The van der Waals surface area contributed by atoms with Gasteiger partial charge in [0.1, 0.15) is 6.29 Å². The van der Waals surface area contributed by atoms with Crippen molar-refractivity contribution in [1.82, 2.24) is 0 Å². The van der Waals surface area contributed by atoms with Crippen molar-refractivity contribution < 1.29 is 29.4 Å². The summed E-state index contributed by atoms with van der Waals surface area (Å²) in [6.07, 6.45) is 0.674. The van der Waals surface area contributed by atoms with Crippen LogP contribution in [0.4, 0.5) is 5.69 Å². The number of anilines is 1. The third-order valence-electron chi connectivity index (χ3n) is 2.16. The molecule has 109 valence electrons. The Kier molecular flexibility index (Phi) is 9.81. The van der Waals surface area contributed by atoms with Crippen LogP contribution in [0, 0.1) is 12.1 Å². The molecule has 0 aliphatic rings. The van der Waals surface area contributed by atoms with Crippen LogP contribution in [0.3, 0.4) is 0 Å². The average molecular weight is 316 g/mol. The van der Waals surface area contributed by atoms with E-state index in [4.69, 9.17) is 8.97 Å². The van der Waals surface area contributed by atoms with Crippen LogP contribution in [0.5, 0.6) is 5.75 Å². The molecule has 0 radical (unpaired) electrons. The van der Waals surface area contributed by atoms with Gasteiger partial charge in [0, 0.05) is 19.8 Å². The fourth-order valence-electron chi connectivity index (χ4n) is 1.22. The zero-order valence-corrected chi connectivity index (χ0v) is 12.2. The number of phenolic OH excluding ortho intramolecular Hbond substituents is 1. The summed E-state index contributed by atoms with van der Waals surface area (Å²) in [7, 11) is 4.05. The van der Waals surface area contributed by atoms with E-state index in [1.54, 1.807) is 6.07 Å². The Labute approximate surface area is 126 Å².